The Bertz CT molecular complexity index is 524. The Labute approximate surface area is 116 Å². The highest BCUT2D eigenvalue weighted by Gasteiger charge is 2.17. The van der Waals surface area contributed by atoms with Gasteiger partial charge in [-0.15, -0.1) is 0 Å². The molecule has 0 aliphatic carbocycles. The van der Waals surface area contributed by atoms with Crippen molar-refractivity contribution in [2.75, 3.05) is 19.7 Å². The van der Waals surface area contributed by atoms with Crippen LogP contribution in [0.4, 0.5) is 5.69 Å². The average Bonchev–Trinajstić information content (AvgIpc) is 2.98. The second-order valence-electron chi connectivity index (χ2n) is 4.45. The molecule has 0 atom stereocenters. The van der Waals surface area contributed by atoms with Gasteiger partial charge in [-0.1, -0.05) is 17.3 Å². The number of likely N-dealkylation sites (tertiary alicyclic amines) is 1. The standard InChI is InChI=1S/C13H15N3O4/c17-13(15-6-1-2-7-15)10-20-14-9-11-4-3-5-12(8-11)16(18)19/h3-5,8-9H,1-2,6-7,10H2/b14-9-. The van der Waals surface area contributed by atoms with Crippen LogP contribution in [-0.4, -0.2) is 41.6 Å². The number of carbonyl (C=O) groups excluding carboxylic acids is 1. The van der Waals surface area contributed by atoms with Crippen molar-refractivity contribution in [1.29, 1.82) is 0 Å². The quantitative estimate of drug-likeness (QED) is 0.464. The maximum Gasteiger partial charge on any atom is 0.270 e. The second-order valence-corrected chi connectivity index (χ2v) is 4.45. The van der Waals surface area contributed by atoms with E-state index in [9.17, 15) is 14.9 Å². The number of nitro groups is 1. The van der Waals surface area contributed by atoms with E-state index in [1.165, 1.54) is 18.3 Å². The first-order valence-corrected chi connectivity index (χ1v) is 6.34. The molecule has 0 saturated carbocycles. The van der Waals surface area contributed by atoms with Gasteiger partial charge in [0.15, 0.2) is 6.61 Å². The molecule has 1 fully saturated rings. The van der Waals surface area contributed by atoms with Crippen LogP contribution in [0.2, 0.25) is 0 Å². The number of non-ortho nitro benzene ring substituents is 1. The van der Waals surface area contributed by atoms with Gasteiger partial charge in [-0.2, -0.15) is 0 Å². The lowest BCUT2D eigenvalue weighted by Crippen LogP contribution is -2.30. The van der Waals surface area contributed by atoms with Crippen molar-refractivity contribution in [2.24, 2.45) is 5.16 Å². The van der Waals surface area contributed by atoms with E-state index in [1.807, 2.05) is 0 Å². The van der Waals surface area contributed by atoms with E-state index in [0.717, 1.165) is 25.9 Å². The van der Waals surface area contributed by atoms with E-state index in [1.54, 1.807) is 17.0 Å². The van der Waals surface area contributed by atoms with Gasteiger partial charge in [0, 0.05) is 30.8 Å². The summed E-state index contributed by atoms with van der Waals surface area (Å²) in [4.78, 5) is 28.4. The summed E-state index contributed by atoms with van der Waals surface area (Å²) >= 11 is 0. The highest BCUT2D eigenvalue weighted by atomic mass is 16.6. The predicted octanol–water partition coefficient (Wildman–Crippen LogP) is 1.57. The molecule has 0 aromatic heterocycles. The van der Waals surface area contributed by atoms with E-state index >= 15 is 0 Å². The summed E-state index contributed by atoms with van der Waals surface area (Å²) in [6, 6.07) is 6.02. The normalized spacial score (nSPS) is 14.7. The molecule has 0 bridgehead atoms. The molecule has 1 saturated heterocycles. The Balaban J connectivity index is 1.82. The Hall–Kier alpha value is -2.44. The first-order valence-electron chi connectivity index (χ1n) is 6.34. The fraction of sp³-hybridized carbons (Fsp3) is 0.385. The minimum atomic E-state index is -0.477. The first kappa shape index (κ1) is 14.0. The third-order valence-electron chi connectivity index (χ3n) is 3.00. The Morgan fingerprint density at radius 2 is 2.20 bits per heavy atom. The number of nitro benzene ring substituents is 1. The van der Waals surface area contributed by atoms with E-state index < -0.39 is 4.92 Å². The highest BCUT2D eigenvalue weighted by Crippen LogP contribution is 2.11. The molecule has 7 heteroatoms. The molecule has 1 amide bonds. The van der Waals surface area contributed by atoms with E-state index in [4.69, 9.17) is 4.84 Å². The van der Waals surface area contributed by atoms with Gasteiger partial charge in [0.05, 0.1) is 11.1 Å². The third kappa shape index (κ3) is 3.78. The summed E-state index contributed by atoms with van der Waals surface area (Å²) in [7, 11) is 0. The topological polar surface area (TPSA) is 85.0 Å². The molecule has 1 aromatic rings. The van der Waals surface area contributed by atoms with Crippen LogP contribution >= 0.6 is 0 Å². The molecule has 0 N–H and O–H groups in total. The zero-order chi connectivity index (χ0) is 14.4. The van der Waals surface area contributed by atoms with Gasteiger partial charge in [0.2, 0.25) is 0 Å². The van der Waals surface area contributed by atoms with E-state index in [-0.39, 0.29) is 18.2 Å². The molecule has 1 aromatic carbocycles. The summed E-state index contributed by atoms with van der Waals surface area (Å²) < 4.78 is 0. The predicted molar refractivity (Wildman–Crippen MR) is 72.5 cm³/mol. The first-order chi connectivity index (χ1) is 9.66. The van der Waals surface area contributed by atoms with Crippen LogP contribution in [0.3, 0.4) is 0 Å². The van der Waals surface area contributed by atoms with Crippen molar-refractivity contribution in [3.63, 3.8) is 0 Å². The van der Waals surface area contributed by atoms with Gasteiger partial charge in [-0.25, -0.2) is 0 Å². The van der Waals surface area contributed by atoms with Crippen molar-refractivity contribution in [3.8, 4) is 0 Å². The van der Waals surface area contributed by atoms with Gasteiger partial charge in [0.1, 0.15) is 0 Å². The molecular weight excluding hydrogens is 262 g/mol. The molecule has 7 nitrogen and oxygen atoms in total. The summed E-state index contributed by atoms with van der Waals surface area (Å²) in [6.45, 7) is 1.44. The van der Waals surface area contributed by atoms with Gasteiger partial charge < -0.3 is 9.74 Å². The fourth-order valence-corrected chi connectivity index (χ4v) is 1.97. The number of amides is 1. The maximum atomic E-state index is 11.6. The molecule has 0 radical (unpaired) electrons. The lowest BCUT2D eigenvalue weighted by atomic mass is 10.2. The number of rotatable bonds is 5. The van der Waals surface area contributed by atoms with Gasteiger partial charge >= 0.3 is 0 Å². The zero-order valence-corrected chi connectivity index (χ0v) is 10.9. The molecule has 20 heavy (non-hydrogen) atoms. The van der Waals surface area contributed by atoms with Crippen LogP contribution < -0.4 is 0 Å². The molecule has 2 rings (SSSR count). The monoisotopic (exact) mass is 277 g/mol. The maximum absolute atomic E-state index is 11.6. The van der Waals surface area contributed by atoms with Gasteiger partial charge in [-0.3, -0.25) is 14.9 Å². The van der Waals surface area contributed by atoms with Crippen molar-refractivity contribution >= 4 is 17.8 Å². The van der Waals surface area contributed by atoms with Crippen LogP contribution in [-0.2, 0) is 9.63 Å². The van der Waals surface area contributed by atoms with Crippen LogP contribution in [0.1, 0.15) is 18.4 Å². The molecule has 1 heterocycles. The Kier molecular flexibility index (Phi) is 4.65. The van der Waals surface area contributed by atoms with Crippen molar-refractivity contribution < 1.29 is 14.6 Å². The molecule has 0 spiro atoms. The van der Waals surface area contributed by atoms with E-state index in [2.05, 4.69) is 5.16 Å². The summed E-state index contributed by atoms with van der Waals surface area (Å²) in [5.74, 6) is -0.0845. The lowest BCUT2D eigenvalue weighted by molar-refractivity contribution is -0.384. The van der Waals surface area contributed by atoms with Crippen LogP contribution in [0, 0.1) is 10.1 Å². The minimum absolute atomic E-state index is 0.0120. The molecule has 106 valence electrons. The van der Waals surface area contributed by atoms with Crippen molar-refractivity contribution in [3.05, 3.63) is 39.9 Å². The Morgan fingerprint density at radius 3 is 2.90 bits per heavy atom. The van der Waals surface area contributed by atoms with Crippen molar-refractivity contribution in [1.82, 2.24) is 4.90 Å². The second kappa shape index (κ2) is 6.65. The van der Waals surface area contributed by atoms with Gasteiger partial charge in [-0.05, 0) is 12.8 Å². The van der Waals surface area contributed by atoms with Crippen LogP contribution in [0.15, 0.2) is 29.4 Å². The SMILES string of the molecule is O=C(CO/N=C\c1cccc([N+](=O)[O-])c1)N1CCCC1. The highest BCUT2D eigenvalue weighted by molar-refractivity contribution is 5.80. The van der Waals surface area contributed by atoms with Crippen molar-refractivity contribution in [2.45, 2.75) is 12.8 Å². The summed E-state index contributed by atoms with van der Waals surface area (Å²) in [6.07, 6.45) is 3.41. The molecule has 0 unspecified atom stereocenters. The minimum Gasteiger partial charge on any atom is -0.386 e. The molecule has 1 aliphatic rings. The largest absolute Gasteiger partial charge is 0.386 e. The average molecular weight is 277 g/mol. The number of oxime groups is 1. The number of nitrogens with zero attached hydrogens (tertiary/aromatic N) is 3. The number of hydrogen-bond acceptors (Lipinski definition) is 5. The Morgan fingerprint density at radius 1 is 1.45 bits per heavy atom. The third-order valence-corrected chi connectivity index (χ3v) is 3.00. The lowest BCUT2D eigenvalue weighted by Gasteiger charge is -2.13. The van der Waals surface area contributed by atoms with Crippen LogP contribution in [0.25, 0.3) is 0 Å². The number of hydrogen-bond donors (Lipinski definition) is 0. The number of benzene rings is 1. The summed E-state index contributed by atoms with van der Waals surface area (Å²) in [5, 5.41) is 14.3. The zero-order valence-electron chi connectivity index (χ0n) is 10.9. The van der Waals surface area contributed by atoms with Crippen LogP contribution in [0.5, 0.6) is 0 Å². The molecule has 1 aliphatic heterocycles. The fourth-order valence-electron chi connectivity index (χ4n) is 1.97. The number of carbonyl (C=O) groups is 1. The van der Waals surface area contributed by atoms with Gasteiger partial charge in [0.25, 0.3) is 11.6 Å². The summed E-state index contributed by atoms with van der Waals surface area (Å²) in [5.41, 5.74) is 0.537. The van der Waals surface area contributed by atoms with E-state index in [0.29, 0.717) is 5.56 Å². The smallest absolute Gasteiger partial charge is 0.270 e. The molecular formula is C13H15N3O4.